The lowest BCUT2D eigenvalue weighted by molar-refractivity contribution is -0.117. The first-order valence-corrected chi connectivity index (χ1v) is 8.22. The maximum absolute atomic E-state index is 12.4. The Morgan fingerprint density at radius 1 is 1.40 bits per heavy atom. The fraction of sp³-hybridized carbons (Fsp3) is 0.375. The van der Waals surface area contributed by atoms with E-state index >= 15 is 0 Å². The zero-order chi connectivity index (χ0) is 17.2. The molecule has 9 nitrogen and oxygen atoms in total. The van der Waals surface area contributed by atoms with Gasteiger partial charge in [0.05, 0.1) is 17.3 Å². The van der Waals surface area contributed by atoms with E-state index in [0.717, 1.165) is 30.2 Å². The topological polar surface area (TPSA) is 119 Å². The minimum absolute atomic E-state index is 0.120. The maximum Gasteiger partial charge on any atom is 0.269 e. The standard InChI is InChI=1S/C16H17N7O2/c1-8-5-10(20-12-9-6-19-22-13(9)18-7-17-12)15(25)23-11(8)14(24)21-16(23)3-2-4-16/h5-7,15,25H,2-4H2,1H3,(H,21,24)(H2,17,18,19,20,22). The van der Waals surface area contributed by atoms with Crippen LogP contribution in [0.3, 0.4) is 0 Å². The molecule has 3 aliphatic rings. The summed E-state index contributed by atoms with van der Waals surface area (Å²) in [6.07, 6.45) is 6.61. The molecule has 2 aromatic heterocycles. The number of hydrogen-bond acceptors (Lipinski definition) is 7. The Morgan fingerprint density at radius 3 is 3.00 bits per heavy atom. The van der Waals surface area contributed by atoms with Gasteiger partial charge in [0.25, 0.3) is 5.91 Å². The van der Waals surface area contributed by atoms with Crippen molar-refractivity contribution in [3.8, 4) is 0 Å². The SMILES string of the molecule is CC1=C2C(=O)NC3(CCC3)N2C(O)C(Nc2ncnc3[nH]ncc23)=C1. The zero-order valence-electron chi connectivity index (χ0n) is 13.6. The minimum atomic E-state index is -0.949. The summed E-state index contributed by atoms with van der Waals surface area (Å²) in [7, 11) is 0. The molecule has 4 heterocycles. The van der Waals surface area contributed by atoms with Gasteiger partial charge in [0.1, 0.15) is 23.5 Å². The van der Waals surface area contributed by atoms with Gasteiger partial charge in [-0.3, -0.25) is 9.89 Å². The number of anilines is 1. The Bertz CT molecular complexity index is 956. The number of carbonyl (C=O) groups excluding carboxylic acids is 1. The van der Waals surface area contributed by atoms with Crippen LogP contribution in [0, 0.1) is 0 Å². The zero-order valence-corrected chi connectivity index (χ0v) is 13.6. The fourth-order valence-corrected chi connectivity index (χ4v) is 3.87. The van der Waals surface area contributed by atoms with E-state index in [1.807, 2.05) is 11.8 Å². The number of aliphatic hydroxyl groups excluding tert-OH is 1. The number of aromatic amines is 1. The Labute approximate surface area is 142 Å². The molecule has 1 saturated carbocycles. The molecule has 0 bridgehead atoms. The molecule has 1 aliphatic carbocycles. The highest BCUT2D eigenvalue weighted by molar-refractivity contribution is 5.98. The number of allylic oxidation sites excluding steroid dienone is 2. The van der Waals surface area contributed by atoms with Crippen LogP contribution in [-0.2, 0) is 4.79 Å². The number of carbonyl (C=O) groups is 1. The predicted octanol–water partition coefficient (Wildman–Crippen LogP) is 0.567. The number of hydrogen-bond donors (Lipinski definition) is 4. The Kier molecular flexibility index (Phi) is 2.76. The molecule has 2 fully saturated rings. The molecule has 25 heavy (non-hydrogen) atoms. The van der Waals surface area contributed by atoms with Gasteiger partial charge in [-0.1, -0.05) is 0 Å². The molecule has 1 amide bonds. The van der Waals surface area contributed by atoms with Crippen LogP contribution in [0.15, 0.2) is 35.6 Å². The molecule has 0 radical (unpaired) electrons. The third kappa shape index (κ3) is 1.86. The number of aromatic nitrogens is 4. The van der Waals surface area contributed by atoms with Gasteiger partial charge in [0.15, 0.2) is 11.9 Å². The van der Waals surface area contributed by atoms with Crippen LogP contribution in [0.1, 0.15) is 26.2 Å². The van der Waals surface area contributed by atoms with Crippen molar-refractivity contribution in [2.75, 3.05) is 5.32 Å². The number of rotatable bonds is 2. The lowest BCUT2D eigenvalue weighted by atomic mass is 9.83. The van der Waals surface area contributed by atoms with Gasteiger partial charge in [-0.15, -0.1) is 0 Å². The van der Waals surface area contributed by atoms with Crippen LogP contribution in [0.4, 0.5) is 5.82 Å². The van der Waals surface area contributed by atoms with Crippen LogP contribution in [-0.4, -0.2) is 48.0 Å². The quantitative estimate of drug-likeness (QED) is 0.631. The second-order valence-corrected chi connectivity index (χ2v) is 6.69. The number of amides is 1. The summed E-state index contributed by atoms with van der Waals surface area (Å²) in [5.74, 6) is 0.437. The Hall–Kier alpha value is -2.94. The van der Waals surface area contributed by atoms with Gasteiger partial charge in [-0.25, -0.2) is 9.97 Å². The third-order valence-corrected chi connectivity index (χ3v) is 5.22. The van der Waals surface area contributed by atoms with E-state index in [9.17, 15) is 9.90 Å². The summed E-state index contributed by atoms with van der Waals surface area (Å²) < 4.78 is 0. The molecular weight excluding hydrogens is 322 g/mol. The van der Waals surface area contributed by atoms with Gasteiger partial charge in [-0.05, 0) is 37.8 Å². The number of nitrogens with zero attached hydrogens (tertiary/aromatic N) is 4. The monoisotopic (exact) mass is 339 g/mol. The number of fused-ring (bicyclic) bond motifs is 3. The van der Waals surface area contributed by atoms with Gasteiger partial charge in [0, 0.05) is 0 Å². The van der Waals surface area contributed by atoms with Crippen molar-refractivity contribution in [1.29, 1.82) is 0 Å². The normalized spacial score (nSPS) is 24.2. The molecule has 5 rings (SSSR count). The maximum atomic E-state index is 12.4. The molecule has 0 aromatic carbocycles. The number of nitrogens with one attached hydrogen (secondary N) is 3. The van der Waals surface area contributed by atoms with E-state index in [1.54, 1.807) is 12.3 Å². The van der Waals surface area contributed by atoms with E-state index in [0.29, 0.717) is 22.9 Å². The van der Waals surface area contributed by atoms with Gasteiger partial charge >= 0.3 is 0 Å². The highest BCUT2D eigenvalue weighted by Gasteiger charge is 2.55. The van der Waals surface area contributed by atoms with Crippen molar-refractivity contribution in [3.05, 3.63) is 35.6 Å². The van der Waals surface area contributed by atoms with Crippen molar-refractivity contribution in [2.45, 2.75) is 38.1 Å². The molecule has 9 heteroatoms. The highest BCUT2D eigenvalue weighted by Crippen LogP contribution is 2.46. The van der Waals surface area contributed by atoms with Crippen molar-refractivity contribution in [1.82, 2.24) is 30.4 Å². The molecule has 2 aliphatic heterocycles. The first-order valence-electron chi connectivity index (χ1n) is 8.22. The van der Waals surface area contributed by atoms with E-state index < -0.39 is 11.9 Å². The van der Waals surface area contributed by atoms with Crippen LogP contribution in [0.2, 0.25) is 0 Å². The van der Waals surface area contributed by atoms with Crippen molar-refractivity contribution in [2.24, 2.45) is 0 Å². The molecular formula is C16H17N7O2. The number of H-pyrrole nitrogens is 1. The van der Waals surface area contributed by atoms with Crippen LogP contribution < -0.4 is 10.6 Å². The summed E-state index contributed by atoms with van der Waals surface area (Å²) in [5, 5.41) is 24.7. The molecule has 1 atom stereocenters. The van der Waals surface area contributed by atoms with Gasteiger partial charge in [-0.2, -0.15) is 5.10 Å². The van der Waals surface area contributed by atoms with Crippen LogP contribution in [0.5, 0.6) is 0 Å². The average molecular weight is 339 g/mol. The molecule has 128 valence electrons. The Balaban J connectivity index is 1.56. The van der Waals surface area contributed by atoms with E-state index in [2.05, 4.69) is 30.8 Å². The first-order chi connectivity index (χ1) is 12.1. The van der Waals surface area contributed by atoms with E-state index in [4.69, 9.17) is 0 Å². The Morgan fingerprint density at radius 2 is 2.24 bits per heavy atom. The fourth-order valence-electron chi connectivity index (χ4n) is 3.87. The predicted molar refractivity (Wildman–Crippen MR) is 88.7 cm³/mol. The molecule has 4 N–H and O–H groups in total. The van der Waals surface area contributed by atoms with Crippen molar-refractivity contribution >= 4 is 22.8 Å². The summed E-state index contributed by atoms with van der Waals surface area (Å²) in [6, 6.07) is 0. The summed E-state index contributed by atoms with van der Waals surface area (Å²) in [6.45, 7) is 1.88. The van der Waals surface area contributed by atoms with Crippen molar-refractivity contribution < 1.29 is 9.90 Å². The van der Waals surface area contributed by atoms with Gasteiger partial charge in [0.2, 0.25) is 0 Å². The number of aliphatic hydroxyl groups is 1. The largest absolute Gasteiger partial charge is 0.368 e. The van der Waals surface area contributed by atoms with Crippen molar-refractivity contribution in [3.63, 3.8) is 0 Å². The molecule has 1 unspecified atom stereocenters. The van der Waals surface area contributed by atoms with Crippen LogP contribution in [0.25, 0.3) is 11.0 Å². The molecule has 2 aromatic rings. The minimum Gasteiger partial charge on any atom is -0.368 e. The lowest BCUT2D eigenvalue weighted by Crippen LogP contribution is -2.60. The molecule has 1 spiro atoms. The van der Waals surface area contributed by atoms with E-state index in [1.165, 1.54) is 6.33 Å². The smallest absolute Gasteiger partial charge is 0.269 e. The van der Waals surface area contributed by atoms with Gasteiger partial charge < -0.3 is 20.6 Å². The summed E-state index contributed by atoms with van der Waals surface area (Å²) in [4.78, 5) is 22.5. The summed E-state index contributed by atoms with van der Waals surface area (Å²) >= 11 is 0. The van der Waals surface area contributed by atoms with Crippen LogP contribution >= 0.6 is 0 Å². The average Bonchev–Trinajstić information content (AvgIpc) is 3.15. The first kappa shape index (κ1) is 14.4. The third-order valence-electron chi connectivity index (χ3n) is 5.22. The molecule has 1 saturated heterocycles. The second kappa shape index (κ2) is 4.79. The highest BCUT2D eigenvalue weighted by atomic mass is 16.3. The summed E-state index contributed by atoms with van der Waals surface area (Å²) in [5.41, 5.74) is 2.08. The lowest BCUT2D eigenvalue weighted by Gasteiger charge is -2.49. The van der Waals surface area contributed by atoms with E-state index in [-0.39, 0.29) is 5.91 Å². The second-order valence-electron chi connectivity index (χ2n) is 6.69.